The topological polar surface area (TPSA) is 62.5 Å². The molecule has 1 unspecified atom stereocenters. The van der Waals surface area contributed by atoms with Crippen molar-refractivity contribution in [2.45, 2.75) is 38.0 Å². The van der Waals surface area contributed by atoms with Crippen LogP contribution in [-0.4, -0.2) is 36.7 Å². The van der Waals surface area contributed by atoms with Crippen molar-refractivity contribution < 1.29 is 9.32 Å². The molecule has 1 aromatic heterocycles. The van der Waals surface area contributed by atoms with Crippen LogP contribution in [0.1, 0.15) is 42.1 Å². The Morgan fingerprint density at radius 3 is 2.80 bits per heavy atom. The second-order valence-corrected chi connectivity index (χ2v) is 8.43. The van der Waals surface area contributed by atoms with Gasteiger partial charge in [-0.1, -0.05) is 23.4 Å². The number of anilines is 2. The summed E-state index contributed by atoms with van der Waals surface area (Å²) in [6.45, 7) is 0.603. The second kappa shape index (κ2) is 7.59. The van der Waals surface area contributed by atoms with Crippen LogP contribution in [0.25, 0.3) is 11.5 Å². The molecule has 30 heavy (non-hydrogen) atoms. The fourth-order valence-electron chi connectivity index (χ4n) is 4.56. The molecule has 2 aromatic carbocycles. The first-order chi connectivity index (χ1) is 14.6. The highest BCUT2D eigenvalue weighted by molar-refractivity contribution is 5.97. The molecular formula is C24H26N4O2. The summed E-state index contributed by atoms with van der Waals surface area (Å²) in [5.41, 5.74) is 5.76. The Balaban J connectivity index is 1.39. The Bertz CT molecular complexity index is 1090. The van der Waals surface area contributed by atoms with E-state index in [4.69, 9.17) is 4.52 Å². The van der Waals surface area contributed by atoms with Crippen LogP contribution in [-0.2, 0) is 17.6 Å². The summed E-state index contributed by atoms with van der Waals surface area (Å²) in [6, 6.07) is 14.4. The van der Waals surface area contributed by atoms with Crippen LogP contribution in [0.4, 0.5) is 11.4 Å². The number of nitrogens with zero attached hydrogens (tertiary/aromatic N) is 4. The van der Waals surface area contributed by atoms with Crippen molar-refractivity contribution in [3.05, 3.63) is 59.4 Å². The third-order valence-corrected chi connectivity index (χ3v) is 6.20. The van der Waals surface area contributed by atoms with E-state index in [0.717, 1.165) is 29.8 Å². The van der Waals surface area contributed by atoms with Gasteiger partial charge in [-0.25, -0.2) is 0 Å². The van der Waals surface area contributed by atoms with Crippen molar-refractivity contribution in [1.29, 1.82) is 0 Å². The summed E-state index contributed by atoms with van der Waals surface area (Å²) in [5.74, 6) is 1.20. The van der Waals surface area contributed by atoms with Gasteiger partial charge in [0, 0.05) is 49.9 Å². The van der Waals surface area contributed by atoms with E-state index in [-0.39, 0.29) is 11.8 Å². The van der Waals surface area contributed by atoms with E-state index in [0.29, 0.717) is 24.7 Å². The van der Waals surface area contributed by atoms with Crippen LogP contribution in [0.5, 0.6) is 0 Å². The quantitative estimate of drug-likeness (QED) is 0.654. The fourth-order valence-corrected chi connectivity index (χ4v) is 4.56. The first kappa shape index (κ1) is 18.9. The van der Waals surface area contributed by atoms with Gasteiger partial charge in [0.25, 0.3) is 5.89 Å². The van der Waals surface area contributed by atoms with Crippen molar-refractivity contribution in [2.75, 3.05) is 30.4 Å². The standard InChI is InChI=1S/C24H26N4O2/c1-27(2)19-10-5-9-17(13-19)24-25-23(26-30-24)18-14-22(29)28(15-18)21-12-6-8-16-7-3-4-11-20(16)21/h5-6,8-10,12-13,18H,3-4,7,11,14-15H2,1-2H3. The van der Waals surface area contributed by atoms with Gasteiger partial charge >= 0.3 is 0 Å². The molecule has 0 radical (unpaired) electrons. The molecule has 1 fully saturated rings. The van der Waals surface area contributed by atoms with Gasteiger partial charge in [0.05, 0.1) is 0 Å². The molecule has 154 valence electrons. The Morgan fingerprint density at radius 1 is 1.10 bits per heavy atom. The fraction of sp³-hybridized carbons (Fsp3) is 0.375. The molecule has 1 atom stereocenters. The first-order valence-corrected chi connectivity index (χ1v) is 10.6. The van der Waals surface area contributed by atoms with Crippen molar-refractivity contribution in [3.63, 3.8) is 0 Å². The molecule has 6 nitrogen and oxygen atoms in total. The average molecular weight is 402 g/mol. The lowest BCUT2D eigenvalue weighted by molar-refractivity contribution is -0.117. The highest BCUT2D eigenvalue weighted by Crippen LogP contribution is 2.36. The highest BCUT2D eigenvalue weighted by Gasteiger charge is 2.36. The molecule has 3 aromatic rings. The van der Waals surface area contributed by atoms with E-state index in [1.807, 2.05) is 48.2 Å². The number of hydrogen-bond donors (Lipinski definition) is 0. The Kier molecular flexibility index (Phi) is 4.77. The number of carbonyl (C=O) groups excluding carboxylic acids is 1. The van der Waals surface area contributed by atoms with Crippen LogP contribution in [0, 0.1) is 0 Å². The molecule has 1 saturated heterocycles. The third-order valence-electron chi connectivity index (χ3n) is 6.20. The number of hydrogen-bond acceptors (Lipinski definition) is 5. The maximum absolute atomic E-state index is 12.9. The van der Waals surface area contributed by atoms with Crippen molar-refractivity contribution >= 4 is 17.3 Å². The zero-order valence-corrected chi connectivity index (χ0v) is 17.5. The summed E-state index contributed by atoms with van der Waals surface area (Å²) < 4.78 is 5.56. The zero-order chi connectivity index (χ0) is 20.7. The van der Waals surface area contributed by atoms with Gasteiger partial charge in [-0.05, 0) is 61.1 Å². The lowest BCUT2D eigenvalue weighted by Gasteiger charge is -2.25. The van der Waals surface area contributed by atoms with Crippen molar-refractivity contribution in [1.82, 2.24) is 10.1 Å². The van der Waals surface area contributed by atoms with Crippen molar-refractivity contribution in [2.24, 2.45) is 0 Å². The average Bonchev–Trinajstić information content (AvgIpc) is 3.40. The van der Waals surface area contributed by atoms with Gasteiger partial charge < -0.3 is 14.3 Å². The molecule has 1 aliphatic carbocycles. The summed E-state index contributed by atoms with van der Waals surface area (Å²) in [7, 11) is 4.00. The zero-order valence-electron chi connectivity index (χ0n) is 17.5. The van der Waals surface area contributed by atoms with E-state index in [9.17, 15) is 4.79 Å². The molecule has 0 bridgehead atoms. The molecular weight excluding hydrogens is 376 g/mol. The van der Waals surface area contributed by atoms with Crippen LogP contribution >= 0.6 is 0 Å². The number of carbonyl (C=O) groups is 1. The number of benzene rings is 2. The monoisotopic (exact) mass is 402 g/mol. The minimum absolute atomic E-state index is 0.0496. The molecule has 1 aliphatic heterocycles. The molecule has 1 amide bonds. The van der Waals surface area contributed by atoms with Gasteiger partial charge in [0.2, 0.25) is 5.91 Å². The van der Waals surface area contributed by atoms with Gasteiger partial charge in [0.1, 0.15) is 0 Å². The minimum Gasteiger partial charge on any atom is -0.378 e. The van der Waals surface area contributed by atoms with Crippen LogP contribution in [0.2, 0.25) is 0 Å². The Labute approximate surface area is 176 Å². The van der Waals surface area contributed by atoms with E-state index in [2.05, 4.69) is 28.3 Å². The van der Waals surface area contributed by atoms with E-state index in [1.165, 1.54) is 24.0 Å². The predicted octanol–water partition coefficient (Wildman–Crippen LogP) is 4.20. The highest BCUT2D eigenvalue weighted by atomic mass is 16.5. The number of amides is 1. The lowest BCUT2D eigenvalue weighted by Crippen LogP contribution is -2.26. The summed E-state index contributed by atoms with van der Waals surface area (Å²) in [6.07, 6.45) is 4.99. The predicted molar refractivity (Wildman–Crippen MR) is 117 cm³/mol. The lowest BCUT2D eigenvalue weighted by atomic mass is 9.90. The Hall–Kier alpha value is -3.15. The number of fused-ring (bicyclic) bond motifs is 1. The van der Waals surface area contributed by atoms with Gasteiger partial charge in [-0.15, -0.1) is 0 Å². The third kappa shape index (κ3) is 3.36. The van der Waals surface area contributed by atoms with Crippen LogP contribution in [0.15, 0.2) is 47.0 Å². The smallest absolute Gasteiger partial charge is 0.258 e. The largest absolute Gasteiger partial charge is 0.378 e. The summed E-state index contributed by atoms with van der Waals surface area (Å²) >= 11 is 0. The summed E-state index contributed by atoms with van der Waals surface area (Å²) in [5, 5.41) is 4.22. The first-order valence-electron chi connectivity index (χ1n) is 10.6. The van der Waals surface area contributed by atoms with E-state index < -0.39 is 0 Å². The van der Waals surface area contributed by atoms with E-state index in [1.54, 1.807) is 0 Å². The number of aryl methyl sites for hydroxylation is 1. The SMILES string of the molecule is CN(C)c1cccc(-c2nc(C3CC(=O)N(c4cccc5c4CCCC5)C3)no2)c1. The van der Waals surface area contributed by atoms with Crippen LogP contribution in [0.3, 0.4) is 0 Å². The number of aromatic nitrogens is 2. The Morgan fingerprint density at radius 2 is 1.93 bits per heavy atom. The summed E-state index contributed by atoms with van der Waals surface area (Å²) in [4.78, 5) is 21.5. The molecule has 0 spiro atoms. The minimum atomic E-state index is -0.0496. The maximum Gasteiger partial charge on any atom is 0.258 e. The van der Waals surface area contributed by atoms with Gasteiger partial charge in [0.15, 0.2) is 5.82 Å². The molecule has 6 heteroatoms. The van der Waals surface area contributed by atoms with Crippen LogP contribution < -0.4 is 9.80 Å². The molecule has 2 heterocycles. The molecule has 0 saturated carbocycles. The maximum atomic E-state index is 12.9. The van der Waals surface area contributed by atoms with Gasteiger partial charge in [-0.2, -0.15) is 4.98 Å². The second-order valence-electron chi connectivity index (χ2n) is 8.43. The molecule has 5 rings (SSSR count). The normalized spacial score (nSPS) is 18.5. The molecule has 0 N–H and O–H groups in total. The van der Waals surface area contributed by atoms with E-state index >= 15 is 0 Å². The van der Waals surface area contributed by atoms with Gasteiger partial charge in [-0.3, -0.25) is 4.79 Å². The molecule has 2 aliphatic rings. The number of rotatable bonds is 4. The van der Waals surface area contributed by atoms with Crippen molar-refractivity contribution in [3.8, 4) is 11.5 Å².